The van der Waals surface area contributed by atoms with Crippen LogP contribution in [0.15, 0.2) is 23.2 Å². The zero-order chi connectivity index (χ0) is 23.2. The molecule has 2 rings (SSSR count). The minimum absolute atomic E-state index is 0.0364. The molecule has 0 unspecified atom stereocenters. The maximum Gasteiger partial charge on any atom is 0.317 e. The van der Waals surface area contributed by atoms with Gasteiger partial charge < -0.3 is 15.1 Å². The van der Waals surface area contributed by atoms with Gasteiger partial charge in [-0.3, -0.25) is 24.4 Å². The van der Waals surface area contributed by atoms with Gasteiger partial charge in [-0.05, 0) is 43.7 Å². The van der Waals surface area contributed by atoms with E-state index in [-0.39, 0.29) is 13.1 Å². The first-order chi connectivity index (χ1) is 15.5. The average molecular weight is 464 g/mol. The van der Waals surface area contributed by atoms with E-state index in [1.165, 1.54) is 0 Å². The van der Waals surface area contributed by atoms with Crippen LogP contribution in [0, 0.1) is 0 Å². The van der Waals surface area contributed by atoms with Crippen molar-refractivity contribution >= 4 is 29.3 Å². The number of hydrogen-bond acceptors (Lipinski definition) is 8. The van der Waals surface area contributed by atoms with Gasteiger partial charge in [0.25, 0.3) is 0 Å². The number of nitrogens with zero attached hydrogens (tertiary/aromatic N) is 5. The number of carboxylic acid groups (broad SMARTS) is 2. The monoisotopic (exact) mass is 463 g/mol. The number of isothiocyanates is 1. The van der Waals surface area contributed by atoms with E-state index < -0.39 is 11.9 Å². The van der Waals surface area contributed by atoms with E-state index in [4.69, 9.17) is 0 Å². The molecule has 0 atom stereocenters. The van der Waals surface area contributed by atoms with Crippen LogP contribution in [0.5, 0.6) is 0 Å². The molecule has 1 aliphatic heterocycles. The highest BCUT2D eigenvalue weighted by Gasteiger charge is 2.18. The van der Waals surface area contributed by atoms with Gasteiger partial charge in [-0.1, -0.05) is 18.9 Å². The van der Waals surface area contributed by atoms with Gasteiger partial charge in [0.15, 0.2) is 0 Å². The summed E-state index contributed by atoms with van der Waals surface area (Å²) >= 11 is 4.58. The van der Waals surface area contributed by atoms with Crippen molar-refractivity contribution in [2.45, 2.75) is 38.8 Å². The number of pyridine rings is 1. The van der Waals surface area contributed by atoms with Crippen LogP contribution in [-0.2, 0) is 22.7 Å². The molecular weight excluding hydrogens is 430 g/mol. The Labute approximate surface area is 194 Å². The zero-order valence-corrected chi connectivity index (χ0v) is 19.3. The van der Waals surface area contributed by atoms with Crippen molar-refractivity contribution in [1.29, 1.82) is 0 Å². The Morgan fingerprint density at radius 3 is 1.97 bits per heavy atom. The van der Waals surface area contributed by atoms with Crippen LogP contribution in [-0.4, -0.2) is 99.4 Å². The summed E-state index contributed by atoms with van der Waals surface area (Å²) in [4.78, 5) is 37.4. The number of aliphatic carboxylic acids is 2. The van der Waals surface area contributed by atoms with E-state index in [0.29, 0.717) is 26.2 Å². The van der Waals surface area contributed by atoms with Gasteiger partial charge in [-0.25, -0.2) is 4.99 Å². The number of carbonyl (C=O) groups is 2. The Balaban J connectivity index is 2.04. The minimum Gasteiger partial charge on any atom is -0.480 e. The van der Waals surface area contributed by atoms with Crippen molar-refractivity contribution in [2.24, 2.45) is 4.99 Å². The quantitative estimate of drug-likeness (QED) is 0.288. The zero-order valence-electron chi connectivity index (χ0n) is 18.5. The molecule has 2 bridgehead atoms. The van der Waals surface area contributed by atoms with Crippen LogP contribution in [0.25, 0.3) is 0 Å². The lowest BCUT2D eigenvalue weighted by Crippen LogP contribution is -2.42. The largest absolute Gasteiger partial charge is 0.480 e. The first kappa shape index (κ1) is 26.0. The molecule has 2 N–H and O–H groups in total. The minimum atomic E-state index is -0.855. The summed E-state index contributed by atoms with van der Waals surface area (Å²) in [6.45, 7) is 5.11. The fourth-order valence-corrected chi connectivity index (χ4v) is 3.89. The van der Waals surface area contributed by atoms with Gasteiger partial charge in [0, 0.05) is 45.8 Å². The second-order valence-corrected chi connectivity index (χ2v) is 8.24. The molecule has 32 heavy (non-hydrogen) atoms. The molecule has 0 spiro atoms. The van der Waals surface area contributed by atoms with Gasteiger partial charge >= 0.3 is 11.9 Å². The Morgan fingerprint density at radius 2 is 1.44 bits per heavy atom. The fourth-order valence-electron chi connectivity index (χ4n) is 3.80. The van der Waals surface area contributed by atoms with E-state index in [2.05, 4.69) is 32.3 Å². The third-order valence-corrected chi connectivity index (χ3v) is 5.51. The molecule has 2 heterocycles. The summed E-state index contributed by atoms with van der Waals surface area (Å²) in [5.41, 5.74) is 1.59. The Bertz CT molecular complexity index is 742. The fraction of sp³-hybridized carbons (Fsp3) is 0.636. The van der Waals surface area contributed by atoms with Crippen LogP contribution in [0.3, 0.4) is 0 Å². The van der Waals surface area contributed by atoms with Crippen LogP contribution in [0.4, 0.5) is 0 Å². The highest BCUT2D eigenvalue weighted by molar-refractivity contribution is 7.78. The molecule has 0 saturated carbocycles. The molecule has 0 aliphatic carbocycles. The van der Waals surface area contributed by atoms with Crippen molar-refractivity contribution in [3.8, 4) is 0 Å². The highest BCUT2D eigenvalue weighted by Crippen LogP contribution is 2.10. The maximum absolute atomic E-state index is 11.4. The van der Waals surface area contributed by atoms with Crippen molar-refractivity contribution < 1.29 is 19.8 Å². The molecule has 1 aromatic heterocycles. The molecule has 176 valence electrons. The molecular formula is C22H33N5O4S. The molecule has 1 aliphatic rings. The van der Waals surface area contributed by atoms with Crippen molar-refractivity contribution in [1.82, 2.24) is 19.7 Å². The lowest BCUT2D eigenvalue weighted by Gasteiger charge is -2.30. The number of carboxylic acids is 2. The molecule has 0 aromatic carbocycles. The van der Waals surface area contributed by atoms with E-state index in [9.17, 15) is 19.8 Å². The molecule has 9 nitrogen and oxygen atoms in total. The van der Waals surface area contributed by atoms with Gasteiger partial charge in [-0.15, -0.1) is 0 Å². The number of rotatable bonds is 11. The average Bonchev–Trinajstić information content (AvgIpc) is 2.73. The van der Waals surface area contributed by atoms with E-state index >= 15 is 0 Å². The molecule has 0 fully saturated rings. The summed E-state index contributed by atoms with van der Waals surface area (Å²) in [7, 11) is 0. The third-order valence-electron chi connectivity index (χ3n) is 5.38. The molecule has 0 amide bonds. The summed E-state index contributed by atoms with van der Waals surface area (Å²) in [5, 5.41) is 21.0. The number of aliphatic imine (C=N–C) groups is 1. The molecule has 10 heteroatoms. The van der Waals surface area contributed by atoms with Gasteiger partial charge in [0.05, 0.1) is 29.6 Å². The number of thiocarbonyl (C=S) groups is 1. The Hall–Kier alpha value is -2.23. The molecule has 0 radical (unpaired) electrons. The SMILES string of the molecule is O=C(O)CN1CCN(CCCCCCN=C=S)CCN(CC(=O)O)Cc2cccc(n2)C1. The lowest BCUT2D eigenvalue weighted by molar-refractivity contribution is -0.139. The maximum atomic E-state index is 11.4. The van der Waals surface area contributed by atoms with E-state index in [1.54, 1.807) is 0 Å². The summed E-state index contributed by atoms with van der Waals surface area (Å²) in [5.74, 6) is -1.71. The van der Waals surface area contributed by atoms with E-state index in [1.807, 2.05) is 28.0 Å². The van der Waals surface area contributed by atoms with Crippen LogP contribution in [0.1, 0.15) is 37.1 Å². The summed E-state index contributed by atoms with van der Waals surface area (Å²) < 4.78 is 0. The standard InChI is InChI=1S/C22H33N5O4S/c28-21(29)16-26-12-10-25(9-4-2-1-3-8-23-18-32)11-13-27(17-22(30)31)15-20-7-5-6-19(14-26)24-20/h5-7H,1-4,8-17H2,(H,28,29)(H,30,31). The highest BCUT2D eigenvalue weighted by atomic mass is 32.1. The third kappa shape index (κ3) is 10.9. The second kappa shape index (κ2) is 14.8. The molecule has 0 saturated heterocycles. The number of unbranched alkanes of at least 4 members (excludes halogenated alkanes) is 3. The number of aromatic nitrogens is 1. The topological polar surface area (TPSA) is 110 Å². The smallest absolute Gasteiger partial charge is 0.317 e. The lowest BCUT2D eigenvalue weighted by atomic mass is 10.2. The van der Waals surface area contributed by atoms with E-state index in [0.717, 1.165) is 63.3 Å². The first-order valence-corrected chi connectivity index (χ1v) is 11.5. The van der Waals surface area contributed by atoms with Gasteiger partial charge in [0.1, 0.15) is 0 Å². The predicted molar refractivity (Wildman–Crippen MR) is 125 cm³/mol. The van der Waals surface area contributed by atoms with Crippen LogP contribution >= 0.6 is 12.2 Å². The Morgan fingerprint density at radius 1 is 0.906 bits per heavy atom. The number of fused-ring (bicyclic) bond motifs is 2. The predicted octanol–water partition coefficient (Wildman–Crippen LogP) is 1.83. The van der Waals surface area contributed by atoms with Crippen molar-refractivity contribution in [3.63, 3.8) is 0 Å². The summed E-state index contributed by atoms with van der Waals surface area (Å²) in [6.07, 6.45) is 4.17. The van der Waals surface area contributed by atoms with Crippen LogP contribution in [0.2, 0.25) is 0 Å². The van der Waals surface area contributed by atoms with Crippen molar-refractivity contribution in [2.75, 3.05) is 52.4 Å². The van der Waals surface area contributed by atoms with Crippen molar-refractivity contribution in [3.05, 3.63) is 29.6 Å². The molecule has 1 aromatic rings. The first-order valence-electron chi connectivity index (χ1n) is 11.1. The van der Waals surface area contributed by atoms with Gasteiger partial charge in [0.2, 0.25) is 0 Å². The number of hydrogen-bond donors (Lipinski definition) is 2. The Kier molecular flexibility index (Phi) is 12.0. The second-order valence-electron chi connectivity index (χ2n) is 8.06. The van der Waals surface area contributed by atoms with Gasteiger partial charge in [-0.2, -0.15) is 0 Å². The van der Waals surface area contributed by atoms with Crippen LogP contribution < -0.4 is 0 Å². The normalized spacial score (nSPS) is 16.5. The summed E-state index contributed by atoms with van der Waals surface area (Å²) in [6, 6.07) is 5.67.